The molecule has 0 heterocycles. The van der Waals surface area contributed by atoms with E-state index in [9.17, 15) is 8.42 Å². The van der Waals surface area contributed by atoms with Crippen LogP contribution in [-0.2, 0) is 22.3 Å². The van der Waals surface area contributed by atoms with E-state index in [-0.39, 0.29) is 5.75 Å². The summed E-state index contributed by atoms with van der Waals surface area (Å²) < 4.78 is 26.5. The van der Waals surface area contributed by atoms with Gasteiger partial charge in [0.05, 0.1) is 5.75 Å². The van der Waals surface area contributed by atoms with E-state index in [1.165, 1.54) is 0 Å². The molecule has 0 spiro atoms. The van der Waals surface area contributed by atoms with E-state index in [4.69, 9.17) is 5.73 Å². The van der Waals surface area contributed by atoms with Crippen molar-refractivity contribution in [2.45, 2.75) is 30.9 Å². The molecule has 0 fully saturated rings. The number of thioether (sulfide) groups is 1. The standard InChI is InChI=1S/C13H22N2O2S2/c1-11(18-2)6-7-15-19(16,17)10-13-5-3-4-12(8-13)9-14/h3-5,8,11,15H,6-7,9-10,14H2,1-2H3. The first-order valence-corrected chi connectivity index (χ1v) is 9.19. The van der Waals surface area contributed by atoms with Crippen molar-refractivity contribution in [1.82, 2.24) is 4.72 Å². The van der Waals surface area contributed by atoms with Crippen molar-refractivity contribution < 1.29 is 8.42 Å². The van der Waals surface area contributed by atoms with E-state index in [0.29, 0.717) is 18.3 Å². The first-order valence-electron chi connectivity index (χ1n) is 6.25. The van der Waals surface area contributed by atoms with Crippen LogP contribution in [0, 0.1) is 0 Å². The van der Waals surface area contributed by atoms with Crippen LogP contribution in [0.1, 0.15) is 24.5 Å². The zero-order chi connectivity index (χ0) is 14.3. The molecule has 6 heteroatoms. The van der Waals surface area contributed by atoms with Crippen LogP contribution in [0.4, 0.5) is 0 Å². The monoisotopic (exact) mass is 302 g/mol. The van der Waals surface area contributed by atoms with Crippen LogP contribution in [0.2, 0.25) is 0 Å². The number of hydrogen-bond donors (Lipinski definition) is 2. The minimum atomic E-state index is -3.26. The van der Waals surface area contributed by atoms with Crippen LogP contribution >= 0.6 is 11.8 Å². The Balaban J connectivity index is 2.54. The molecular weight excluding hydrogens is 280 g/mol. The van der Waals surface area contributed by atoms with E-state index in [1.807, 2.05) is 30.5 Å². The summed E-state index contributed by atoms with van der Waals surface area (Å²) in [5.41, 5.74) is 7.26. The van der Waals surface area contributed by atoms with E-state index < -0.39 is 10.0 Å². The predicted molar refractivity (Wildman–Crippen MR) is 82.6 cm³/mol. The fraction of sp³-hybridized carbons (Fsp3) is 0.538. The Hall–Kier alpha value is -0.560. The number of nitrogens with two attached hydrogens (primary N) is 1. The highest BCUT2D eigenvalue weighted by Crippen LogP contribution is 2.10. The number of hydrogen-bond acceptors (Lipinski definition) is 4. The molecule has 19 heavy (non-hydrogen) atoms. The van der Waals surface area contributed by atoms with Crippen LogP contribution in [0.15, 0.2) is 24.3 Å². The summed E-state index contributed by atoms with van der Waals surface area (Å²) in [7, 11) is -3.26. The average molecular weight is 302 g/mol. The normalized spacial score (nSPS) is 13.4. The Bertz CT molecular complexity index is 489. The highest BCUT2D eigenvalue weighted by atomic mass is 32.2. The Morgan fingerprint density at radius 3 is 2.68 bits per heavy atom. The van der Waals surface area contributed by atoms with Gasteiger partial charge in [0.25, 0.3) is 0 Å². The molecule has 1 unspecified atom stereocenters. The third-order valence-electron chi connectivity index (χ3n) is 2.86. The van der Waals surface area contributed by atoms with Crippen LogP contribution in [0.5, 0.6) is 0 Å². The molecule has 0 aliphatic carbocycles. The summed E-state index contributed by atoms with van der Waals surface area (Å²) in [6, 6.07) is 7.37. The van der Waals surface area contributed by atoms with Gasteiger partial charge in [0, 0.05) is 18.3 Å². The van der Waals surface area contributed by atoms with Gasteiger partial charge in [0.1, 0.15) is 0 Å². The van der Waals surface area contributed by atoms with Crippen molar-refractivity contribution in [1.29, 1.82) is 0 Å². The van der Waals surface area contributed by atoms with Gasteiger partial charge in [-0.3, -0.25) is 0 Å². The summed E-state index contributed by atoms with van der Waals surface area (Å²) in [6.45, 7) is 3.00. The highest BCUT2D eigenvalue weighted by molar-refractivity contribution is 7.99. The number of sulfonamides is 1. The van der Waals surface area contributed by atoms with Crippen molar-refractivity contribution in [3.63, 3.8) is 0 Å². The lowest BCUT2D eigenvalue weighted by atomic mass is 10.1. The molecule has 1 rings (SSSR count). The Morgan fingerprint density at radius 1 is 1.37 bits per heavy atom. The lowest BCUT2D eigenvalue weighted by Crippen LogP contribution is -2.27. The van der Waals surface area contributed by atoms with Gasteiger partial charge in [0.15, 0.2) is 0 Å². The van der Waals surface area contributed by atoms with Gasteiger partial charge in [-0.05, 0) is 23.8 Å². The molecule has 0 aromatic heterocycles. The van der Waals surface area contributed by atoms with Gasteiger partial charge in [-0.2, -0.15) is 11.8 Å². The first-order chi connectivity index (χ1) is 8.96. The fourth-order valence-electron chi connectivity index (χ4n) is 1.65. The maximum Gasteiger partial charge on any atom is 0.215 e. The summed E-state index contributed by atoms with van der Waals surface area (Å²) in [5.74, 6) is 0.00842. The van der Waals surface area contributed by atoms with Gasteiger partial charge in [-0.1, -0.05) is 31.2 Å². The fourth-order valence-corrected chi connectivity index (χ4v) is 3.16. The quantitative estimate of drug-likeness (QED) is 0.767. The van der Waals surface area contributed by atoms with Crippen molar-refractivity contribution in [2.24, 2.45) is 5.73 Å². The molecular formula is C13H22N2O2S2. The molecule has 0 amide bonds. The molecule has 1 aromatic rings. The Morgan fingerprint density at radius 2 is 2.05 bits per heavy atom. The van der Waals surface area contributed by atoms with Crippen LogP contribution in [-0.4, -0.2) is 26.5 Å². The van der Waals surface area contributed by atoms with Crippen molar-refractivity contribution in [2.75, 3.05) is 12.8 Å². The molecule has 1 atom stereocenters. The molecule has 0 saturated carbocycles. The van der Waals surface area contributed by atoms with Gasteiger partial charge < -0.3 is 5.73 Å². The third kappa shape index (κ3) is 6.42. The summed E-state index contributed by atoms with van der Waals surface area (Å²) in [4.78, 5) is 0. The largest absolute Gasteiger partial charge is 0.326 e. The minimum Gasteiger partial charge on any atom is -0.326 e. The van der Waals surface area contributed by atoms with Crippen LogP contribution in [0.3, 0.4) is 0 Å². The van der Waals surface area contributed by atoms with E-state index in [2.05, 4.69) is 11.6 Å². The molecule has 0 aliphatic heterocycles. The third-order valence-corrected chi connectivity index (χ3v) is 5.26. The summed E-state index contributed by atoms with van der Waals surface area (Å²) >= 11 is 1.74. The lowest BCUT2D eigenvalue weighted by Gasteiger charge is -2.10. The number of rotatable bonds is 8. The molecule has 0 bridgehead atoms. The molecule has 3 N–H and O–H groups in total. The maximum absolute atomic E-state index is 11.9. The summed E-state index contributed by atoms with van der Waals surface area (Å²) in [5, 5.41) is 0.461. The Kier molecular flexibility index (Phi) is 6.85. The molecule has 4 nitrogen and oxygen atoms in total. The maximum atomic E-state index is 11.9. The van der Waals surface area contributed by atoms with Gasteiger partial charge >= 0.3 is 0 Å². The second kappa shape index (κ2) is 7.89. The van der Waals surface area contributed by atoms with E-state index >= 15 is 0 Å². The molecule has 0 aliphatic rings. The minimum absolute atomic E-state index is 0.00842. The second-order valence-corrected chi connectivity index (χ2v) is 7.60. The van der Waals surface area contributed by atoms with Crippen molar-refractivity contribution >= 4 is 21.8 Å². The molecule has 108 valence electrons. The number of benzene rings is 1. The van der Waals surface area contributed by atoms with Crippen molar-refractivity contribution in [3.05, 3.63) is 35.4 Å². The molecule has 0 saturated heterocycles. The van der Waals surface area contributed by atoms with Gasteiger partial charge in [0.2, 0.25) is 10.0 Å². The lowest BCUT2D eigenvalue weighted by molar-refractivity contribution is 0.578. The van der Waals surface area contributed by atoms with Gasteiger partial charge in [-0.15, -0.1) is 0 Å². The second-order valence-electron chi connectivity index (χ2n) is 4.51. The van der Waals surface area contributed by atoms with E-state index in [1.54, 1.807) is 11.8 Å². The van der Waals surface area contributed by atoms with Crippen LogP contribution in [0.25, 0.3) is 0 Å². The van der Waals surface area contributed by atoms with Gasteiger partial charge in [-0.25, -0.2) is 13.1 Å². The zero-order valence-electron chi connectivity index (χ0n) is 11.4. The smallest absolute Gasteiger partial charge is 0.215 e. The topological polar surface area (TPSA) is 72.2 Å². The first kappa shape index (κ1) is 16.5. The van der Waals surface area contributed by atoms with E-state index in [0.717, 1.165) is 17.5 Å². The molecule has 0 radical (unpaired) electrons. The highest BCUT2D eigenvalue weighted by Gasteiger charge is 2.11. The van der Waals surface area contributed by atoms with Crippen LogP contribution < -0.4 is 10.5 Å². The average Bonchev–Trinajstić information content (AvgIpc) is 2.37. The summed E-state index contributed by atoms with van der Waals surface area (Å²) in [6.07, 6.45) is 2.86. The zero-order valence-corrected chi connectivity index (χ0v) is 13.1. The predicted octanol–water partition coefficient (Wildman–Crippen LogP) is 1.71. The van der Waals surface area contributed by atoms with Crippen molar-refractivity contribution in [3.8, 4) is 0 Å². The number of nitrogens with one attached hydrogen (secondary N) is 1. The Labute approximate surface area is 120 Å². The molecule has 1 aromatic carbocycles. The SMILES string of the molecule is CSC(C)CCNS(=O)(=O)Cc1cccc(CN)c1.